The lowest BCUT2D eigenvalue weighted by molar-refractivity contribution is -0.138. The van der Waals surface area contributed by atoms with E-state index >= 15 is 0 Å². The number of rotatable bonds is 2. The maximum absolute atomic E-state index is 13.4. The SMILES string of the molecule is CC1CCN(C(=O)C2CNC2)C1c1cccc(F)c1. The number of halogens is 1. The molecule has 3 rings (SSSR count). The molecule has 1 aromatic carbocycles. The number of hydrogen-bond donors (Lipinski definition) is 1. The maximum Gasteiger partial charge on any atom is 0.228 e. The monoisotopic (exact) mass is 262 g/mol. The van der Waals surface area contributed by atoms with Crippen molar-refractivity contribution in [2.24, 2.45) is 11.8 Å². The van der Waals surface area contributed by atoms with Crippen LogP contribution in [0.3, 0.4) is 0 Å². The molecule has 2 fully saturated rings. The van der Waals surface area contributed by atoms with Crippen molar-refractivity contribution in [3.63, 3.8) is 0 Å². The van der Waals surface area contributed by atoms with Crippen LogP contribution >= 0.6 is 0 Å². The number of likely N-dealkylation sites (tertiary alicyclic amines) is 1. The molecule has 102 valence electrons. The first-order valence-electron chi connectivity index (χ1n) is 6.93. The van der Waals surface area contributed by atoms with E-state index in [0.29, 0.717) is 5.92 Å². The van der Waals surface area contributed by atoms with Crippen LogP contribution in [0.15, 0.2) is 24.3 Å². The van der Waals surface area contributed by atoms with Crippen molar-refractivity contribution in [2.75, 3.05) is 19.6 Å². The van der Waals surface area contributed by atoms with Gasteiger partial charge in [-0.25, -0.2) is 4.39 Å². The molecule has 0 aromatic heterocycles. The molecular weight excluding hydrogens is 243 g/mol. The molecule has 2 unspecified atom stereocenters. The zero-order chi connectivity index (χ0) is 13.4. The lowest BCUT2D eigenvalue weighted by atomic mass is 9.94. The number of nitrogens with one attached hydrogen (secondary N) is 1. The molecule has 0 radical (unpaired) electrons. The molecular formula is C15H19FN2O. The summed E-state index contributed by atoms with van der Waals surface area (Å²) in [6.07, 6.45) is 0.993. The highest BCUT2D eigenvalue weighted by Gasteiger charge is 2.39. The Labute approximate surface area is 112 Å². The second kappa shape index (κ2) is 4.93. The first-order chi connectivity index (χ1) is 9.16. The summed E-state index contributed by atoms with van der Waals surface area (Å²) in [4.78, 5) is 14.4. The Morgan fingerprint density at radius 1 is 1.42 bits per heavy atom. The van der Waals surface area contributed by atoms with E-state index in [4.69, 9.17) is 0 Å². The maximum atomic E-state index is 13.4. The second-order valence-electron chi connectivity index (χ2n) is 5.65. The van der Waals surface area contributed by atoms with Gasteiger partial charge in [-0.15, -0.1) is 0 Å². The van der Waals surface area contributed by atoms with E-state index in [0.717, 1.165) is 31.6 Å². The standard InChI is InChI=1S/C15H19FN2O/c1-10-5-6-18(15(19)12-8-17-9-12)14(10)11-3-2-4-13(16)7-11/h2-4,7,10,12,14,17H,5-6,8-9H2,1H3. The van der Waals surface area contributed by atoms with Crippen LogP contribution in [0, 0.1) is 17.7 Å². The minimum atomic E-state index is -0.227. The molecule has 1 amide bonds. The summed E-state index contributed by atoms with van der Waals surface area (Å²) in [6.45, 7) is 4.48. The molecule has 2 aliphatic rings. The predicted octanol–water partition coefficient (Wildman–Crippen LogP) is 1.95. The summed E-state index contributed by atoms with van der Waals surface area (Å²) in [5, 5.41) is 3.13. The van der Waals surface area contributed by atoms with Crippen molar-refractivity contribution >= 4 is 5.91 Å². The van der Waals surface area contributed by atoms with Crippen LogP contribution in [0.1, 0.15) is 24.9 Å². The van der Waals surface area contributed by atoms with Gasteiger partial charge in [0, 0.05) is 19.6 Å². The highest BCUT2D eigenvalue weighted by molar-refractivity contribution is 5.81. The zero-order valence-corrected chi connectivity index (χ0v) is 11.1. The Hall–Kier alpha value is -1.42. The third-order valence-electron chi connectivity index (χ3n) is 4.30. The van der Waals surface area contributed by atoms with Crippen molar-refractivity contribution in [3.05, 3.63) is 35.6 Å². The molecule has 0 spiro atoms. The van der Waals surface area contributed by atoms with E-state index in [1.54, 1.807) is 12.1 Å². The number of hydrogen-bond acceptors (Lipinski definition) is 2. The first-order valence-corrected chi connectivity index (χ1v) is 6.93. The van der Waals surface area contributed by atoms with E-state index in [2.05, 4.69) is 12.2 Å². The van der Waals surface area contributed by atoms with Crippen LogP contribution < -0.4 is 5.32 Å². The van der Waals surface area contributed by atoms with Crippen LogP contribution in [0.4, 0.5) is 4.39 Å². The summed E-state index contributed by atoms with van der Waals surface area (Å²) in [5.41, 5.74) is 0.922. The van der Waals surface area contributed by atoms with Crippen molar-refractivity contribution in [3.8, 4) is 0 Å². The summed E-state index contributed by atoms with van der Waals surface area (Å²) < 4.78 is 13.4. The van der Waals surface area contributed by atoms with Crippen LogP contribution in [0.25, 0.3) is 0 Å². The van der Waals surface area contributed by atoms with Crippen LogP contribution in [-0.4, -0.2) is 30.4 Å². The molecule has 2 saturated heterocycles. The van der Waals surface area contributed by atoms with Crippen LogP contribution in [0.2, 0.25) is 0 Å². The van der Waals surface area contributed by atoms with Gasteiger partial charge in [-0.3, -0.25) is 4.79 Å². The van der Waals surface area contributed by atoms with Gasteiger partial charge in [0.2, 0.25) is 5.91 Å². The number of amides is 1. The highest BCUT2D eigenvalue weighted by atomic mass is 19.1. The van der Waals surface area contributed by atoms with E-state index in [1.807, 2.05) is 11.0 Å². The highest BCUT2D eigenvalue weighted by Crippen LogP contribution is 2.38. The summed E-state index contributed by atoms with van der Waals surface area (Å²) in [7, 11) is 0. The lowest BCUT2D eigenvalue weighted by Gasteiger charge is -2.34. The van der Waals surface area contributed by atoms with Gasteiger partial charge in [0.1, 0.15) is 5.82 Å². The molecule has 19 heavy (non-hydrogen) atoms. The third kappa shape index (κ3) is 2.25. The average Bonchev–Trinajstić information content (AvgIpc) is 2.68. The van der Waals surface area contributed by atoms with Gasteiger partial charge in [0.05, 0.1) is 12.0 Å². The molecule has 0 saturated carbocycles. The minimum Gasteiger partial charge on any atom is -0.335 e. The Balaban J connectivity index is 1.85. The predicted molar refractivity (Wildman–Crippen MR) is 71.0 cm³/mol. The van der Waals surface area contributed by atoms with Crippen molar-refractivity contribution in [1.29, 1.82) is 0 Å². The summed E-state index contributed by atoms with van der Waals surface area (Å²) in [6, 6.07) is 6.69. The molecule has 0 bridgehead atoms. The van der Waals surface area contributed by atoms with Gasteiger partial charge in [0.25, 0.3) is 0 Å². The number of carbonyl (C=O) groups excluding carboxylic acids is 1. The largest absolute Gasteiger partial charge is 0.335 e. The van der Waals surface area contributed by atoms with Gasteiger partial charge < -0.3 is 10.2 Å². The fourth-order valence-corrected chi connectivity index (χ4v) is 3.09. The topological polar surface area (TPSA) is 32.3 Å². The van der Waals surface area contributed by atoms with Crippen molar-refractivity contribution in [1.82, 2.24) is 10.2 Å². The number of nitrogens with zero attached hydrogens (tertiary/aromatic N) is 1. The Kier molecular flexibility index (Phi) is 3.27. The molecule has 4 heteroatoms. The molecule has 2 atom stereocenters. The van der Waals surface area contributed by atoms with Gasteiger partial charge in [0.15, 0.2) is 0 Å². The first kappa shape index (κ1) is 12.6. The Bertz CT molecular complexity index is 487. The number of carbonyl (C=O) groups is 1. The molecule has 2 aliphatic heterocycles. The van der Waals surface area contributed by atoms with Gasteiger partial charge in [-0.05, 0) is 30.0 Å². The lowest BCUT2D eigenvalue weighted by Crippen LogP contribution is -2.52. The molecule has 1 N–H and O–H groups in total. The smallest absolute Gasteiger partial charge is 0.228 e. The molecule has 2 heterocycles. The van der Waals surface area contributed by atoms with E-state index in [-0.39, 0.29) is 23.7 Å². The summed E-state index contributed by atoms with van der Waals surface area (Å²) in [5.74, 6) is 0.492. The normalized spacial score (nSPS) is 27.4. The zero-order valence-electron chi connectivity index (χ0n) is 11.1. The van der Waals surface area contributed by atoms with Crippen molar-refractivity contribution in [2.45, 2.75) is 19.4 Å². The van der Waals surface area contributed by atoms with Crippen LogP contribution in [0.5, 0.6) is 0 Å². The van der Waals surface area contributed by atoms with Crippen LogP contribution in [-0.2, 0) is 4.79 Å². The van der Waals surface area contributed by atoms with Gasteiger partial charge >= 0.3 is 0 Å². The Morgan fingerprint density at radius 3 is 2.84 bits per heavy atom. The average molecular weight is 262 g/mol. The quantitative estimate of drug-likeness (QED) is 0.883. The third-order valence-corrected chi connectivity index (χ3v) is 4.30. The minimum absolute atomic E-state index is 0.0313. The van der Waals surface area contributed by atoms with E-state index < -0.39 is 0 Å². The summed E-state index contributed by atoms with van der Waals surface area (Å²) >= 11 is 0. The number of benzene rings is 1. The van der Waals surface area contributed by atoms with Crippen molar-refractivity contribution < 1.29 is 9.18 Å². The van der Waals surface area contributed by atoms with Gasteiger partial charge in [-0.1, -0.05) is 19.1 Å². The Morgan fingerprint density at radius 2 is 2.21 bits per heavy atom. The molecule has 3 nitrogen and oxygen atoms in total. The molecule has 0 aliphatic carbocycles. The van der Waals surface area contributed by atoms with E-state index in [9.17, 15) is 9.18 Å². The second-order valence-corrected chi connectivity index (χ2v) is 5.65. The van der Waals surface area contributed by atoms with Gasteiger partial charge in [-0.2, -0.15) is 0 Å². The molecule has 1 aromatic rings. The fraction of sp³-hybridized carbons (Fsp3) is 0.533. The van der Waals surface area contributed by atoms with E-state index in [1.165, 1.54) is 6.07 Å². The fourth-order valence-electron chi connectivity index (χ4n) is 3.09.